The van der Waals surface area contributed by atoms with Gasteiger partial charge in [-0.2, -0.15) is 0 Å². The molecule has 51 heavy (non-hydrogen) atoms. The first-order valence-electron chi connectivity index (χ1n) is 17.6. The number of phenolic OH excluding ortho intramolecular Hbond substituents is 1. The Morgan fingerprint density at radius 3 is 2.47 bits per heavy atom. The molecule has 3 N–H and O–H groups in total. The van der Waals surface area contributed by atoms with Gasteiger partial charge in [-0.3, -0.25) is 24.2 Å². The summed E-state index contributed by atoms with van der Waals surface area (Å²) in [4.78, 5) is 44.3. The highest BCUT2D eigenvalue weighted by atomic mass is 16.7. The van der Waals surface area contributed by atoms with Crippen LogP contribution in [0.1, 0.15) is 78.3 Å². The molecule has 0 spiro atoms. The molecule has 0 aromatic heterocycles. The molecule has 12 heteroatoms. The Hall–Kier alpha value is -4.81. The fourth-order valence-electron chi connectivity index (χ4n) is 8.85. The number of rotatable bonds is 8. The van der Waals surface area contributed by atoms with Crippen molar-refractivity contribution in [2.45, 2.75) is 96.7 Å². The molecule has 4 heterocycles. The van der Waals surface area contributed by atoms with Gasteiger partial charge in [0.2, 0.25) is 18.6 Å². The zero-order chi connectivity index (χ0) is 36.3. The Morgan fingerprint density at radius 2 is 1.76 bits per heavy atom. The summed E-state index contributed by atoms with van der Waals surface area (Å²) in [5, 5.41) is 17.9. The molecule has 3 aromatic rings. The lowest BCUT2D eigenvalue weighted by molar-refractivity contribution is -0.134. The number of phenols is 1. The van der Waals surface area contributed by atoms with Gasteiger partial charge in [0.25, 0.3) is 0 Å². The minimum absolute atomic E-state index is 0.0198. The van der Waals surface area contributed by atoms with E-state index in [1.54, 1.807) is 14.0 Å². The van der Waals surface area contributed by atoms with Crippen LogP contribution >= 0.6 is 0 Å². The number of aryl methyl sites for hydroxylation is 2. The molecule has 7 rings (SSSR count). The molecule has 2 amide bonds. The third-order valence-electron chi connectivity index (χ3n) is 11.1. The number of carbonyl (C=O) groups is 3. The normalized spacial score (nSPS) is 23.7. The summed E-state index contributed by atoms with van der Waals surface area (Å²) >= 11 is 0. The van der Waals surface area contributed by atoms with E-state index in [1.807, 2.05) is 44.2 Å². The Labute approximate surface area is 298 Å². The van der Waals surface area contributed by atoms with E-state index >= 15 is 0 Å². The predicted octanol–water partition coefficient (Wildman–Crippen LogP) is 4.15. The molecule has 0 aliphatic carbocycles. The number of aromatic hydroxyl groups is 1. The van der Waals surface area contributed by atoms with Crippen LogP contribution < -0.4 is 29.6 Å². The number of benzene rings is 3. The summed E-state index contributed by atoms with van der Waals surface area (Å²) in [7, 11) is 3.63. The van der Waals surface area contributed by atoms with Crippen LogP contribution in [0.15, 0.2) is 36.4 Å². The lowest BCUT2D eigenvalue weighted by Crippen LogP contribution is -2.69. The highest BCUT2D eigenvalue weighted by Gasteiger charge is 2.56. The summed E-state index contributed by atoms with van der Waals surface area (Å²) in [5.41, 5.74) is 5.77. The van der Waals surface area contributed by atoms with Gasteiger partial charge in [-0.05, 0) is 70.7 Å². The summed E-state index contributed by atoms with van der Waals surface area (Å²) < 4.78 is 23.6. The van der Waals surface area contributed by atoms with E-state index in [-0.39, 0.29) is 54.9 Å². The second kappa shape index (κ2) is 13.4. The molecule has 6 atom stereocenters. The standard InChI is InChI=1S/C39H46N4O8/c1-19-15-25-16-27-22(4)43-28(32(42(27)6)30(25)33(46)34(19)48-7)17-26-31(37-36(49-18-50-37)20(2)35(26)51-23(5)44)38(43)41-39(47)21(3)40-29(45)14-13-24-11-9-8-10-12-24/h8-12,15,21-22,27-28,32,38,46H,13-14,16-18H2,1-7H3,(H,40,45)(H,41,47)/t21-,22-,27-,28?,32-,38+/m0/s1. The Balaban J connectivity index is 1.31. The van der Waals surface area contributed by atoms with Gasteiger partial charge >= 0.3 is 5.97 Å². The largest absolute Gasteiger partial charge is 0.504 e. The first-order chi connectivity index (χ1) is 24.4. The van der Waals surface area contributed by atoms with Gasteiger partial charge in [-0.15, -0.1) is 0 Å². The predicted molar refractivity (Wildman–Crippen MR) is 188 cm³/mol. The number of likely N-dealkylation sites (N-methyl/N-ethyl adjacent to an activating group) is 1. The Kier molecular flexibility index (Phi) is 9.09. The van der Waals surface area contributed by atoms with Gasteiger partial charge in [0.15, 0.2) is 23.0 Å². The number of ether oxygens (including phenoxy) is 4. The Morgan fingerprint density at radius 1 is 1.04 bits per heavy atom. The van der Waals surface area contributed by atoms with Gasteiger partial charge < -0.3 is 34.7 Å². The van der Waals surface area contributed by atoms with Crippen LogP contribution in [-0.2, 0) is 33.6 Å². The number of methoxy groups -OCH3 is 1. The molecule has 1 saturated heterocycles. The zero-order valence-electron chi connectivity index (χ0n) is 30.2. The summed E-state index contributed by atoms with van der Waals surface area (Å²) in [6.07, 6.45) is 1.15. The molecule has 3 aromatic carbocycles. The molecular formula is C39H46N4O8. The van der Waals surface area contributed by atoms with Crippen molar-refractivity contribution in [2.24, 2.45) is 0 Å². The molecule has 1 unspecified atom stereocenters. The number of piperazine rings is 1. The third-order valence-corrected chi connectivity index (χ3v) is 11.1. The monoisotopic (exact) mass is 698 g/mol. The van der Waals surface area contributed by atoms with Crippen molar-refractivity contribution in [3.05, 3.63) is 75.3 Å². The number of fused-ring (bicyclic) bond motifs is 9. The summed E-state index contributed by atoms with van der Waals surface area (Å²) in [5.74, 6) is 0.798. The average molecular weight is 699 g/mol. The van der Waals surface area contributed by atoms with Gasteiger partial charge in [0.05, 0.1) is 13.2 Å². The molecule has 0 saturated carbocycles. The van der Waals surface area contributed by atoms with Crippen molar-refractivity contribution in [1.29, 1.82) is 0 Å². The van der Waals surface area contributed by atoms with Crippen LogP contribution in [0.4, 0.5) is 0 Å². The maximum Gasteiger partial charge on any atom is 0.308 e. The maximum absolute atomic E-state index is 14.1. The molecule has 0 radical (unpaired) electrons. The van der Waals surface area contributed by atoms with Gasteiger partial charge in [0, 0.05) is 53.7 Å². The summed E-state index contributed by atoms with van der Waals surface area (Å²) in [6, 6.07) is 10.4. The van der Waals surface area contributed by atoms with Crippen LogP contribution in [0.25, 0.3) is 0 Å². The fourth-order valence-corrected chi connectivity index (χ4v) is 8.85. The summed E-state index contributed by atoms with van der Waals surface area (Å²) in [6.45, 7) is 8.94. The van der Waals surface area contributed by atoms with Crippen molar-refractivity contribution in [2.75, 3.05) is 21.0 Å². The van der Waals surface area contributed by atoms with Crippen molar-refractivity contribution in [1.82, 2.24) is 20.4 Å². The van der Waals surface area contributed by atoms with Crippen LogP contribution in [0.2, 0.25) is 0 Å². The van der Waals surface area contributed by atoms with Gasteiger partial charge in [-0.25, -0.2) is 0 Å². The van der Waals surface area contributed by atoms with Gasteiger partial charge in [0.1, 0.15) is 18.0 Å². The van der Waals surface area contributed by atoms with Crippen LogP contribution in [0, 0.1) is 13.8 Å². The number of amides is 2. The fraction of sp³-hybridized carbons (Fsp3) is 0.462. The van der Waals surface area contributed by atoms with Crippen LogP contribution in [-0.4, -0.2) is 77.8 Å². The van der Waals surface area contributed by atoms with E-state index in [1.165, 1.54) is 6.92 Å². The molecule has 12 nitrogen and oxygen atoms in total. The van der Waals surface area contributed by atoms with Crippen LogP contribution in [0.5, 0.6) is 28.7 Å². The first-order valence-corrected chi connectivity index (χ1v) is 17.6. The molecule has 2 bridgehead atoms. The van der Waals surface area contributed by atoms with E-state index in [4.69, 9.17) is 18.9 Å². The number of nitrogens with zero attached hydrogens (tertiary/aromatic N) is 2. The lowest BCUT2D eigenvalue weighted by atomic mass is 9.72. The lowest BCUT2D eigenvalue weighted by Gasteiger charge is -2.61. The Bertz CT molecular complexity index is 1900. The second-order valence-electron chi connectivity index (χ2n) is 14.2. The van der Waals surface area contributed by atoms with E-state index in [9.17, 15) is 19.5 Å². The smallest absolute Gasteiger partial charge is 0.308 e. The van der Waals surface area contributed by atoms with Crippen molar-refractivity contribution < 1.29 is 38.4 Å². The van der Waals surface area contributed by atoms with Crippen LogP contribution in [0.3, 0.4) is 0 Å². The molecule has 4 aliphatic rings. The maximum atomic E-state index is 14.1. The van der Waals surface area contributed by atoms with E-state index in [0.29, 0.717) is 53.4 Å². The molecule has 270 valence electrons. The highest BCUT2D eigenvalue weighted by Crippen LogP contribution is 2.58. The van der Waals surface area contributed by atoms with Crippen molar-refractivity contribution >= 4 is 17.8 Å². The van der Waals surface area contributed by atoms with Gasteiger partial charge in [-0.1, -0.05) is 36.4 Å². The number of nitrogens with one attached hydrogen (secondary N) is 2. The number of esters is 1. The molecule has 1 fully saturated rings. The van der Waals surface area contributed by atoms with E-state index in [0.717, 1.165) is 27.8 Å². The number of hydrogen-bond donors (Lipinski definition) is 3. The zero-order valence-corrected chi connectivity index (χ0v) is 30.2. The molecule has 4 aliphatic heterocycles. The minimum atomic E-state index is -0.847. The minimum Gasteiger partial charge on any atom is -0.504 e. The molecular weight excluding hydrogens is 652 g/mol. The van der Waals surface area contributed by atoms with Crippen molar-refractivity contribution in [3.8, 4) is 28.7 Å². The van der Waals surface area contributed by atoms with E-state index in [2.05, 4.69) is 40.5 Å². The number of carbonyl (C=O) groups excluding carboxylic acids is 3. The highest BCUT2D eigenvalue weighted by molar-refractivity contribution is 5.88. The number of hydrogen-bond acceptors (Lipinski definition) is 10. The first kappa shape index (κ1) is 34.6. The van der Waals surface area contributed by atoms with Crippen molar-refractivity contribution in [3.63, 3.8) is 0 Å². The topological polar surface area (TPSA) is 139 Å². The second-order valence-corrected chi connectivity index (χ2v) is 14.2. The van der Waals surface area contributed by atoms with E-state index < -0.39 is 18.2 Å². The third kappa shape index (κ3) is 5.84. The quantitative estimate of drug-likeness (QED) is 0.232. The SMILES string of the molecule is COc1c(C)cc2c(c1O)[C@@H]1C3Cc4c(OC(C)=O)c(C)c5c(c4[C@H](NC(=O)[C@H](C)NC(=O)CCc4ccccc4)N3[C@@H](C)[C@H](C2)N1C)OCO5. The average Bonchev–Trinajstić information content (AvgIpc) is 3.59.